The van der Waals surface area contributed by atoms with Crippen LogP contribution in [-0.2, 0) is 6.54 Å². The number of hydrogen-bond acceptors (Lipinski definition) is 2. The second-order valence-corrected chi connectivity index (χ2v) is 6.22. The molecule has 0 bridgehead atoms. The van der Waals surface area contributed by atoms with Gasteiger partial charge in [-0.3, -0.25) is 9.79 Å². The molecule has 0 saturated carbocycles. The molecule has 1 amide bonds. The van der Waals surface area contributed by atoms with E-state index in [1.165, 1.54) is 5.56 Å². The van der Waals surface area contributed by atoms with Crippen LogP contribution in [0.3, 0.4) is 0 Å². The minimum absolute atomic E-state index is 0.187. The van der Waals surface area contributed by atoms with E-state index in [0.717, 1.165) is 19.0 Å². The summed E-state index contributed by atoms with van der Waals surface area (Å²) in [4.78, 5) is 18.8. The monoisotopic (exact) mass is 372 g/mol. The third-order valence-electron chi connectivity index (χ3n) is 3.74. The maximum absolute atomic E-state index is 12.1. The number of aliphatic imine (C=N–C) groups is 1. The molecule has 0 spiro atoms. The van der Waals surface area contributed by atoms with Gasteiger partial charge in [-0.05, 0) is 24.6 Å². The Morgan fingerprint density at radius 3 is 2.46 bits per heavy atom. The van der Waals surface area contributed by atoms with Crippen LogP contribution in [0, 0.1) is 0 Å². The summed E-state index contributed by atoms with van der Waals surface area (Å²) in [5.41, 5.74) is 1.69. The Morgan fingerprint density at radius 2 is 1.77 bits per heavy atom. The number of benzene rings is 2. The van der Waals surface area contributed by atoms with Crippen LogP contribution in [0.25, 0.3) is 0 Å². The first kappa shape index (κ1) is 19.8. The number of carbonyl (C=O) groups is 1. The molecule has 0 aliphatic heterocycles. The molecule has 0 fully saturated rings. The summed E-state index contributed by atoms with van der Waals surface area (Å²) in [7, 11) is 2.00. The van der Waals surface area contributed by atoms with Gasteiger partial charge in [0.2, 0.25) is 0 Å². The molecule has 26 heavy (non-hydrogen) atoms. The van der Waals surface area contributed by atoms with Gasteiger partial charge in [0.05, 0.1) is 17.1 Å². The van der Waals surface area contributed by atoms with Gasteiger partial charge in [-0.1, -0.05) is 54.1 Å². The van der Waals surface area contributed by atoms with E-state index in [0.29, 0.717) is 23.7 Å². The number of rotatable bonds is 7. The van der Waals surface area contributed by atoms with Crippen molar-refractivity contribution in [3.63, 3.8) is 0 Å². The molecule has 2 aromatic carbocycles. The Balaban J connectivity index is 1.88. The highest BCUT2D eigenvalue weighted by atomic mass is 35.5. The Kier molecular flexibility index (Phi) is 7.96. The van der Waals surface area contributed by atoms with Crippen molar-refractivity contribution in [2.45, 2.75) is 13.5 Å². The molecule has 6 heteroatoms. The molecule has 0 atom stereocenters. The number of halogens is 1. The van der Waals surface area contributed by atoms with E-state index < -0.39 is 0 Å². The van der Waals surface area contributed by atoms with E-state index in [1.54, 1.807) is 24.3 Å². The summed E-state index contributed by atoms with van der Waals surface area (Å²) in [5.74, 6) is 0.622. The third kappa shape index (κ3) is 6.08. The van der Waals surface area contributed by atoms with Crippen molar-refractivity contribution in [2.75, 3.05) is 26.7 Å². The van der Waals surface area contributed by atoms with Gasteiger partial charge in [-0.15, -0.1) is 0 Å². The summed E-state index contributed by atoms with van der Waals surface area (Å²) in [5, 5.41) is 6.57. The topological polar surface area (TPSA) is 56.7 Å². The summed E-state index contributed by atoms with van der Waals surface area (Å²) in [6.45, 7) is 4.50. The second kappa shape index (κ2) is 10.5. The van der Waals surface area contributed by atoms with Gasteiger partial charge in [0.1, 0.15) is 0 Å². The first-order chi connectivity index (χ1) is 12.6. The second-order valence-electron chi connectivity index (χ2n) is 5.81. The summed E-state index contributed by atoms with van der Waals surface area (Å²) >= 11 is 6.04. The molecular weight excluding hydrogens is 348 g/mol. The van der Waals surface area contributed by atoms with Crippen molar-refractivity contribution < 1.29 is 4.79 Å². The number of nitrogens with one attached hydrogen (secondary N) is 2. The van der Waals surface area contributed by atoms with Crippen molar-refractivity contribution in [3.05, 3.63) is 70.7 Å². The van der Waals surface area contributed by atoms with Gasteiger partial charge in [0.25, 0.3) is 5.91 Å². The maximum Gasteiger partial charge on any atom is 0.252 e. The number of amides is 1. The molecule has 0 unspecified atom stereocenters. The minimum Gasteiger partial charge on any atom is -0.357 e. The van der Waals surface area contributed by atoms with Crippen LogP contribution in [0.5, 0.6) is 0 Å². The standard InChI is InChI=1S/C20H25ClN4O/c1-3-22-20(25(2)15-16-9-5-4-6-10-16)24-14-13-23-19(26)17-11-7-8-12-18(17)21/h4-12H,3,13-15H2,1-2H3,(H,22,24)(H,23,26). The van der Waals surface area contributed by atoms with Gasteiger partial charge in [0.15, 0.2) is 5.96 Å². The van der Waals surface area contributed by atoms with Crippen molar-refractivity contribution in [1.82, 2.24) is 15.5 Å². The van der Waals surface area contributed by atoms with E-state index >= 15 is 0 Å². The van der Waals surface area contributed by atoms with E-state index in [2.05, 4.69) is 32.7 Å². The normalized spacial score (nSPS) is 11.1. The number of carbonyl (C=O) groups excluding carboxylic acids is 1. The molecule has 2 N–H and O–H groups in total. The fourth-order valence-electron chi connectivity index (χ4n) is 2.47. The van der Waals surface area contributed by atoms with Crippen molar-refractivity contribution >= 4 is 23.5 Å². The number of hydrogen-bond donors (Lipinski definition) is 2. The third-order valence-corrected chi connectivity index (χ3v) is 4.07. The Bertz CT molecular complexity index is 734. The maximum atomic E-state index is 12.1. The smallest absolute Gasteiger partial charge is 0.252 e. The predicted molar refractivity (Wildman–Crippen MR) is 108 cm³/mol. The Morgan fingerprint density at radius 1 is 1.08 bits per heavy atom. The molecule has 5 nitrogen and oxygen atoms in total. The fraction of sp³-hybridized carbons (Fsp3) is 0.300. The van der Waals surface area contributed by atoms with Crippen molar-refractivity contribution in [2.24, 2.45) is 4.99 Å². The van der Waals surface area contributed by atoms with Crippen LogP contribution in [0.1, 0.15) is 22.8 Å². The van der Waals surface area contributed by atoms with E-state index in [1.807, 2.05) is 32.2 Å². The zero-order chi connectivity index (χ0) is 18.8. The Hall–Kier alpha value is -2.53. The first-order valence-corrected chi connectivity index (χ1v) is 9.05. The van der Waals surface area contributed by atoms with Crippen LogP contribution < -0.4 is 10.6 Å². The van der Waals surface area contributed by atoms with E-state index in [-0.39, 0.29) is 5.91 Å². The average Bonchev–Trinajstić information content (AvgIpc) is 2.65. The summed E-state index contributed by atoms with van der Waals surface area (Å²) < 4.78 is 0. The highest BCUT2D eigenvalue weighted by molar-refractivity contribution is 6.33. The highest BCUT2D eigenvalue weighted by Crippen LogP contribution is 2.14. The van der Waals surface area contributed by atoms with Gasteiger partial charge >= 0.3 is 0 Å². The fourth-order valence-corrected chi connectivity index (χ4v) is 2.70. The lowest BCUT2D eigenvalue weighted by Crippen LogP contribution is -2.39. The quantitative estimate of drug-likeness (QED) is 0.446. The molecule has 0 radical (unpaired) electrons. The van der Waals surface area contributed by atoms with E-state index in [9.17, 15) is 4.79 Å². The SMILES string of the molecule is CCNC(=NCCNC(=O)c1ccccc1Cl)N(C)Cc1ccccc1. The number of nitrogens with zero attached hydrogens (tertiary/aromatic N) is 2. The molecule has 0 saturated heterocycles. The minimum atomic E-state index is -0.187. The molecule has 0 aliphatic rings. The molecular formula is C20H25ClN4O. The number of guanidine groups is 1. The van der Waals surface area contributed by atoms with Crippen molar-refractivity contribution in [1.29, 1.82) is 0 Å². The molecule has 0 heterocycles. The summed E-state index contributed by atoms with van der Waals surface area (Å²) in [6.07, 6.45) is 0. The van der Waals surface area contributed by atoms with Gasteiger partial charge in [-0.25, -0.2) is 0 Å². The molecule has 0 aliphatic carbocycles. The van der Waals surface area contributed by atoms with Crippen LogP contribution >= 0.6 is 11.6 Å². The van der Waals surface area contributed by atoms with Crippen LogP contribution in [-0.4, -0.2) is 43.4 Å². The molecule has 2 aromatic rings. The van der Waals surface area contributed by atoms with Crippen LogP contribution in [0.2, 0.25) is 5.02 Å². The van der Waals surface area contributed by atoms with Gasteiger partial charge in [0, 0.05) is 26.7 Å². The van der Waals surface area contributed by atoms with Crippen LogP contribution in [0.4, 0.5) is 0 Å². The highest BCUT2D eigenvalue weighted by Gasteiger charge is 2.09. The largest absolute Gasteiger partial charge is 0.357 e. The predicted octanol–water partition coefficient (Wildman–Crippen LogP) is 3.17. The van der Waals surface area contributed by atoms with E-state index in [4.69, 9.17) is 11.6 Å². The average molecular weight is 373 g/mol. The zero-order valence-corrected chi connectivity index (χ0v) is 16.0. The molecule has 2 rings (SSSR count). The lowest BCUT2D eigenvalue weighted by molar-refractivity contribution is 0.0955. The van der Waals surface area contributed by atoms with Crippen molar-refractivity contribution in [3.8, 4) is 0 Å². The molecule has 0 aromatic heterocycles. The zero-order valence-electron chi connectivity index (χ0n) is 15.2. The molecule has 138 valence electrons. The first-order valence-electron chi connectivity index (χ1n) is 8.68. The van der Waals surface area contributed by atoms with Crippen LogP contribution in [0.15, 0.2) is 59.6 Å². The summed E-state index contributed by atoms with van der Waals surface area (Å²) in [6, 6.07) is 17.2. The van der Waals surface area contributed by atoms with Gasteiger partial charge < -0.3 is 15.5 Å². The lowest BCUT2D eigenvalue weighted by Gasteiger charge is -2.22. The van der Waals surface area contributed by atoms with Gasteiger partial charge in [-0.2, -0.15) is 0 Å². The Labute approximate surface area is 160 Å². The lowest BCUT2D eigenvalue weighted by atomic mass is 10.2.